The highest BCUT2D eigenvalue weighted by molar-refractivity contribution is 6.08. The number of amides is 2. The molecule has 34 heavy (non-hydrogen) atoms. The Morgan fingerprint density at radius 3 is 2.85 bits per heavy atom. The zero-order valence-corrected chi connectivity index (χ0v) is 19.1. The fraction of sp³-hybridized carbons (Fsp3) is 0.259. The number of nitrogens with zero attached hydrogens (tertiary/aromatic N) is 1. The van der Waals surface area contributed by atoms with Crippen molar-refractivity contribution in [1.82, 2.24) is 4.98 Å². The minimum atomic E-state index is -1.79. The lowest BCUT2D eigenvalue weighted by Gasteiger charge is -2.27. The van der Waals surface area contributed by atoms with Gasteiger partial charge in [-0.1, -0.05) is 43.4 Å². The zero-order valence-electron chi connectivity index (χ0n) is 19.1. The number of hydrogen-bond donors (Lipinski definition) is 4. The van der Waals surface area contributed by atoms with E-state index in [4.69, 9.17) is 5.11 Å². The Morgan fingerprint density at radius 2 is 2.09 bits per heavy atom. The van der Waals surface area contributed by atoms with Gasteiger partial charge in [0.15, 0.2) is 5.60 Å². The normalized spacial score (nSPS) is 18.4. The maximum absolute atomic E-state index is 13.3. The number of carbonyl (C=O) groups is 2. The van der Waals surface area contributed by atoms with Gasteiger partial charge in [0.25, 0.3) is 5.91 Å². The van der Waals surface area contributed by atoms with Crippen molar-refractivity contribution < 1.29 is 19.8 Å². The monoisotopic (exact) mass is 459 g/mol. The van der Waals surface area contributed by atoms with Crippen molar-refractivity contribution >= 4 is 34.1 Å². The first kappa shape index (κ1) is 23.5. The van der Waals surface area contributed by atoms with Crippen molar-refractivity contribution in [2.75, 3.05) is 23.4 Å². The van der Waals surface area contributed by atoms with Crippen LogP contribution in [0.2, 0.25) is 0 Å². The predicted octanol–water partition coefficient (Wildman–Crippen LogP) is 3.64. The Kier molecular flexibility index (Phi) is 6.68. The SMILES string of the molecule is C=CCN1C(=O)[C@](O)([C@H](C)/C=C/CCO)c2cc(NC(=O)Cc3c[nH]c4ccccc34)ccc21. The smallest absolute Gasteiger partial charge is 0.264 e. The summed E-state index contributed by atoms with van der Waals surface area (Å²) < 4.78 is 0. The first-order chi connectivity index (χ1) is 16.4. The molecule has 0 saturated carbocycles. The van der Waals surface area contributed by atoms with E-state index in [9.17, 15) is 14.7 Å². The summed E-state index contributed by atoms with van der Waals surface area (Å²) >= 11 is 0. The van der Waals surface area contributed by atoms with E-state index in [2.05, 4.69) is 16.9 Å². The summed E-state index contributed by atoms with van der Waals surface area (Å²) in [7, 11) is 0. The fourth-order valence-corrected chi connectivity index (χ4v) is 4.51. The van der Waals surface area contributed by atoms with Crippen LogP contribution < -0.4 is 10.2 Å². The van der Waals surface area contributed by atoms with Crippen molar-refractivity contribution in [3.63, 3.8) is 0 Å². The average molecular weight is 460 g/mol. The van der Waals surface area contributed by atoms with Crippen LogP contribution in [0.25, 0.3) is 10.9 Å². The number of H-pyrrole nitrogens is 1. The van der Waals surface area contributed by atoms with Crippen LogP contribution in [0.4, 0.5) is 11.4 Å². The third-order valence-electron chi connectivity index (χ3n) is 6.27. The molecular weight excluding hydrogens is 430 g/mol. The Morgan fingerprint density at radius 1 is 1.29 bits per heavy atom. The predicted molar refractivity (Wildman–Crippen MR) is 134 cm³/mol. The Hall–Kier alpha value is -3.68. The molecule has 0 saturated heterocycles. The second kappa shape index (κ2) is 9.67. The standard InChI is InChI=1S/C27H29N3O4/c1-3-13-30-24-12-11-20(16-22(24)27(34,26(30)33)18(2)8-6-7-14-31)29-25(32)15-19-17-28-23-10-5-4-9-21(19)23/h3-6,8-12,16-18,28,31,34H,1,7,13-15H2,2H3,(H,29,32)/b8-6+/t18-,27+/m1/s1. The van der Waals surface area contributed by atoms with Crippen molar-refractivity contribution in [3.8, 4) is 0 Å². The number of aliphatic hydroxyl groups is 2. The van der Waals surface area contributed by atoms with Gasteiger partial charge in [0.2, 0.25) is 5.91 Å². The van der Waals surface area contributed by atoms with Crippen LogP contribution >= 0.6 is 0 Å². The molecule has 0 spiro atoms. The fourth-order valence-electron chi connectivity index (χ4n) is 4.51. The van der Waals surface area contributed by atoms with Crippen LogP contribution in [0, 0.1) is 5.92 Å². The highest BCUT2D eigenvalue weighted by atomic mass is 16.3. The molecule has 1 aliphatic rings. The van der Waals surface area contributed by atoms with Gasteiger partial charge in [0.05, 0.1) is 12.1 Å². The van der Waals surface area contributed by atoms with Crippen LogP contribution in [0.15, 0.2) is 73.5 Å². The van der Waals surface area contributed by atoms with Crippen molar-refractivity contribution in [2.24, 2.45) is 5.92 Å². The van der Waals surface area contributed by atoms with E-state index in [0.29, 0.717) is 23.4 Å². The molecule has 7 nitrogen and oxygen atoms in total. The Bertz CT molecular complexity index is 1260. The van der Waals surface area contributed by atoms with Crippen LogP contribution in [0.3, 0.4) is 0 Å². The Labute approximate surface area is 198 Å². The van der Waals surface area contributed by atoms with Crippen LogP contribution in [0.1, 0.15) is 24.5 Å². The lowest BCUT2D eigenvalue weighted by Crippen LogP contribution is -2.44. The maximum Gasteiger partial charge on any atom is 0.264 e. The number of carbonyl (C=O) groups excluding carboxylic acids is 2. The van der Waals surface area contributed by atoms with Gasteiger partial charge >= 0.3 is 0 Å². The number of aliphatic hydroxyl groups excluding tert-OH is 1. The number of hydrogen-bond acceptors (Lipinski definition) is 4. The summed E-state index contributed by atoms with van der Waals surface area (Å²) in [6, 6.07) is 12.9. The molecule has 4 rings (SSSR count). The van der Waals surface area contributed by atoms with E-state index in [1.807, 2.05) is 30.5 Å². The first-order valence-corrected chi connectivity index (χ1v) is 11.3. The van der Waals surface area contributed by atoms with Gasteiger partial charge in [-0.2, -0.15) is 0 Å². The molecule has 176 valence electrons. The van der Waals surface area contributed by atoms with Gasteiger partial charge in [0.1, 0.15) is 0 Å². The zero-order chi connectivity index (χ0) is 24.3. The molecule has 0 bridgehead atoms. The molecule has 0 aliphatic carbocycles. The number of nitrogens with one attached hydrogen (secondary N) is 2. The van der Waals surface area contributed by atoms with E-state index in [-0.39, 0.29) is 25.5 Å². The molecule has 1 aromatic heterocycles. The number of benzene rings is 2. The van der Waals surface area contributed by atoms with Crippen LogP contribution in [-0.2, 0) is 21.6 Å². The largest absolute Gasteiger partial charge is 0.396 e. The summed E-state index contributed by atoms with van der Waals surface area (Å²) in [5.74, 6) is -1.18. The summed E-state index contributed by atoms with van der Waals surface area (Å²) in [6.45, 7) is 5.73. The molecule has 3 aromatic rings. The van der Waals surface area contributed by atoms with E-state index in [1.165, 1.54) is 4.90 Å². The van der Waals surface area contributed by atoms with Gasteiger partial charge in [-0.3, -0.25) is 9.59 Å². The summed E-state index contributed by atoms with van der Waals surface area (Å²) in [6.07, 6.45) is 7.54. The highest BCUT2D eigenvalue weighted by Gasteiger charge is 2.52. The van der Waals surface area contributed by atoms with Crippen LogP contribution in [-0.4, -0.2) is 40.2 Å². The topological polar surface area (TPSA) is 106 Å². The molecule has 2 atom stereocenters. The molecule has 2 amide bonds. The maximum atomic E-state index is 13.3. The number of aromatic amines is 1. The van der Waals surface area contributed by atoms with E-state index in [1.54, 1.807) is 43.4 Å². The molecule has 2 aromatic carbocycles. The quantitative estimate of drug-likeness (QED) is 0.367. The minimum Gasteiger partial charge on any atom is -0.396 e. The molecule has 7 heteroatoms. The molecule has 0 unspecified atom stereocenters. The number of aromatic nitrogens is 1. The molecular formula is C27H29N3O4. The molecule has 4 N–H and O–H groups in total. The third-order valence-corrected chi connectivity index (χ3v) is 6.27. The highest BCUT2D eigenvalue weighted by Crippen LogP contribution is 2.46. The molecule has 0 fully saturated rings. The number of rotatable bonds is 9. The van der Waals surface area contributed by atoms with Gasteiger partial charge < -0.3 is 25.4 Å². The summed E-state index contributed by atoms with van der Waals surface area (Å²) in [5.41, 5.74) is 1.59. The third kappa shape index (κ3) is 4.16. The molecule has 2 heterocycles. The number of fused-ring (bicyclic) bond motifs is 2. The first-order valence-electron chi connectivity index (χ1n) is 11.3. The number of para-hydroxylation sites is 1. The van der Waals surface area contributed by atoms with E-state index in [0.717, 1.165) is 16.5 Å². The minimum absolute atomic E-state index is 0.0125. The van der Waals surface area contributed by atoms with Crippen molar-refractivity contribution in [2.45, 2.75) is 25.4 Å². The summed E-state index contributed by atoms with van der Waals surface area (Å²) in [4.78, 5) is 30.8. The lowest BCUT2D eigenvalue weighted by atomic mass is 9.82. The van der Waals surface area contributed by atoms with Gasteiger partial charge in [0, 0.05) is 47.4 Å². The van der Waals surface area contributed by atoms with Crippen LogP contribution in [0.5, 0.6) is 0 Å². The van der Waals surface area contributed by atoms with E-state index >= 15 is 0 Å². The second-order valence-corrected chi connectivity index (χ2v) is 8.52. The lowest BCUT2D eigenvalue weighted by molar-refractivity contribution is -0.139. The van der Waals surface area contributed by atoms with Crippen molar-refractivity contribution in [1.29, 1.82) is 0 Å². The molecule has 0 radical (unpaired) electrons. The Balaban J connectivity index is 1.61. The number of anilines is 2. The molecule has 1 aliphatic heterocycles. The van der Waals surface area contributed by atoms with E-state index < -0.39 is 17.4 Å². The average Bonchev–Trinajstić information content (AvgIpc) is 3.32. The van der Waals surface area contributed by atoms with Gasteiger partial charge in [-0.05, 0) is 36.2 Å². The summed E-state index contributed by atoms with van der Waals surface area (Å²) in [5, 5.41) is 24.6. The van der Waals surface area contributed by atoms with Gasteiger partial charge in [-0.25, -0.2) is 0 Å². The van der Waals surface area contributed by atoms with Crippen molar-refractivity contribution in [3.05, 3.63) is 84.6 Å². The van der Waals surface area contributed by atoms with Gasteiger partial charge in [-0.15, -0.1) is 6.58 Å². The second-order valence-electron chi connectivity index (χ2n) is 8.52.